The van der Waals surface area contributed by atoms with Gasteiger partial charge in [-0.15, -0.1) is 0 Å². The summed E-state index contributed by atoms with van der Waals surface area (Å²) >= 11 is 0. The Morgan fingerprint density at radius 2 is 1.90 bits per heavy atom. The Morgan fingerprint density at radius 3 is 2.58 bits per heavy atom. The fraction of sp³-hybridized carbons (Fsp3) is 0.360. The summed E-state index contributed by atoms with van der Waals surface area (Å²) in [6, 6.07) is 11.1. The van der Waals surface area contributed by atoms with E-state index in [9.17, 15) is 9.59 Å². The molecule has 0 aliphatic heterocycles. The van der Waals surface area contributed by atoms with Crippen LogP contribution in [0.15, 0.2) is 42.0 Å². The van der Waals surface area contributed by atoms with Crippen molar-refractivity contribution in [1.29, 1.82) is 0 Å². The number of likely N-dealkylation sites (N-methyl/N-ethyl adjacent to an activating group) is 1. The molecule has 0 heterocycles. The summed E-state index contributed by atoms with van der Waals surface area (Å²) in [5.74, 6) is 1.71. The lowest BCUT2D eigenvalue weighted by molar-refractivity contribution is -0.135. The van der Waals surface area contributed by atoms with Crippen LogP contribution >= 0.6 is 0 Å². The molecule has 0 fully saturated rings. The Labute approximate surface area is 183 Å². The Balaban J connectivity index is 1.86. The fourth-order valence-electron chi connectivity index (χ4n) is 3.60. The van der Waals surface area contributed by atoms with Gasteiger partial charge in [0.25, 0.3) is 5.91 Å². The summed E-state index contributed by atoms with van der Waals surface area (Å²) in [5, 5.41) is 0. The Hall–Kier alpha value is -3.28. The molecule has 2 aromatic rings. The quantitative estimate of drug-likeness (QED) is 0.626. The summed E-state index contributed by atoms with van der Waals surface area (Å²) in [6.07, 6.45) is 2.71. The third-order valence-electron chi connectivity index (χ3n) is 5.21. The van der Waals surface area contributed by atoms with E-state index in [-0.39, 0.29) is 11.7 Å². The monoisotopic (exact) mass is 423 g/mol. The molecule has 3 rings (SSSR count). The highest BCUT2D eigenvalue weighted by Crippen LogP contribution is 2.33. The summed E-state index contributed by atoms with van der Waals surface area (Å²) in [5.41, 5.74) is 3.34. The summed E-state index contributed by atoms with van der Waals surface area (Å²) in [6.45, 7) is 4.06. The highest BCUT2D eigenvalue weighted by atomic mass is 16.5. The predicted molar refractivity (Wildman–Crippen MR) is 120 cm³/mol. The number of allylic oxidation sites excluding steroid dienone is 1. The molecule has 1 atom stereocenters. The minimum absolute atomic E-state index is 0.0346. The number of carbonyl (C=O) groups excluding carboxylic acids is 2. The maximum absolute atomic E-state index is 13.0. The first kappa shape index (κ1) is 22.4. The Kier molecular flexibility index (Phi) is 7.00. The maximum Gasteiger partial charge on any atom is 0.262 e. The van der Waals surface area contributed by atoms with Crippen molar-refractivity contribution in [3.8, 4) is 17.2 Å². The molecular weight excluding hydrogens is 394 g/mol. The number of benzene rings is 2. The average Bonchev–Trinajstić information content (AvgIpc) is 2.76. The van der Waals surface area contributed by atoms with Gasteiger partial charge in [-0.2, -0.15) is 0 Å². The van der Waals surface area contributed by atoms with Crippen molar-refractivity contribution in [2.75, 3.05) is 27.8 Å². The zero-order valence-electron chi connectivity index (χ0n) is 18.7. The number of methoxy groups -OCH3 is 1. The van der Waals surface area contributed by atoms with Crippen molar-refractivity contribution in [2.45, 2.75) is 32.8 Å². The van der Waals surface area contributed by atoms with Crippen LogP contribution in [0.5, 0.6) is 17.2 Å². The molecule has 0 unspecified atom stereocenters. The minimum atomic E-state index is -0.633. The molecule has 6 heteroatoms. The normalized spacial score (nSPS) is 15.3. The van der Waals surface area contributed by atoms with Crippen LogP contribution in [0.3, 0.4) is 0 Å². The summed E-state index contributed by atoms with van der Waals surface area (Å²) < 4.78 is 16.8. The first-order valence-corrected chi connectivity index (χ1v) is 10.4. The SMILES string of the molecule is CCOc1cc(/C=C2\CCc3cc(OC)ccc3C2=O)ccc1O[C@H](C)C(=O)N(C)C. The first-order valence-electron chi connectivity index (χ1n) is 10.4. The Morgan fingerprint density at radius 1 is 1.13 bits per heavy atom. The molecule has 1 aliphatic carbocycles. The smallest absolute Gasteiger partial charge is 0.262 e. The van der Waals surface area contributed by atoms with Crippen molar-refractivity contribution < 1.29 is 23.8 Å². The number of amides is 1. The number of aryl methyl sites for hydroxylation is 1. The number of ketones is 1. The van der Waals surface area contributed by atoms with Gasteiger partial charge in [-0.1, -0.05) is 6.07 Å². The molecule has 0 aromatic heterocycles. The lowest BCUT2D eigenvalue weighted by Gasteiger charge is -2.20. The van der Waals surface area contributed by atoms with Crippen molar-refractivity contribution >= 4 is 17.8 Å². The van der Waals surface area contributed by atoms with Crippen LogP contribution in [0.4, 0.5) is 0 Å². The van der Waals surface area contributed by atoms with E-state index in [2.05, 4.69) is 0 Å². The lowest BCUT2D eigenvalue weighted by Crippen LogP contribution is -2.35. The van der Waals surface area contributed by atoms with Crippen molar-refractivity contribution in [3.05, 3.63) is 58.7 Å². The van der Waals surface area contributed by atoms with Gasteiger partial charge in [0.2, 0.25) is 0 Å². The van der Waals surface area contributed by atoms with E-state index in [1.807, 2.05) is 43.3 Å². The van der Waals surface area contributed by atoms with Gasteiger partial charge in [0.15, 0.2) is 23.4 Å². The van der Waals surface area contributed by atoms with Crippen LogP contribution in [0.2, 0.25) is 0 Å². The molecule has 1 amide bonds. The van der Waals surface area contributed by atoms with Crippen LogP contribution in [0.25, 0.3) is 6.08 Å². The average molecular weight is 424 g/mol. The topological polar surface area (TPSA) is 65.1 Å². The van der Waals surface area contributed by atoms with Gasteiger partial charge < -0.3 is 19.1 Å². The van der Waals surface area contributed by atoms with Crippen LogP contribution < -0.4 is 14.2 Å². The standard InChI is InChI=1S/C25H29NO5/c1-6-30-23-14-17(7-12-22(23)31-16(2)25(28)26(3)4)13-19-9-8-18-15-20(29-5)10-11-21(18)24(19)27/h7,10-16H,6,8-9H2,1-5H3/b19-13+/t16-/m1/s1. The van der Waals surface area contributed by atoms with Gasteiger partial charge >= 0.3 is 0 Å². The number of ether oxygens (including phenoxy) is 3. The lowest BCUT2D eigenvalue weighted by atomic mass is 9.86. The molecule has 0 saturated carbocycles. The number of Topliss-reactive ketones (excluding diaryl/α,β-unsaturated/α-hetero) is 1. The number of hydrogen-bond acceptors (Lipinski definition) is 5. The first-order chi connectivity index (χ1) is 14.8. The highest BCUT2D eigenvalue weighted by Gasteiger charge is 2.23. The number of hydrogen-bond donors (Lipinski definition) is 0. The molecule has 0 spiro atoms. The van der Waals surface area contributed by atoms with Crippen LogP contribution in [0.1, 0.15) is 41.8 Å². The van der Waals surface area contributed by atoms with Gasteiger partial charge in [0.1, 0.15) is 5.75 Å². The summed E-state index contributed by atoms with van der Waals surface area (Å²) in [4.78, 5) is 26.6. The number of fused-ring (bicyclic) bond motifs is 1. The van der Waals surface area contributed by atoms with Gasteiger partial charge in [0, 0.05) is 25.2 Å². The number of rotatable bonds is 7. The van der Waals surface area contributed by atoms with Gasteiger partial charge in [-0.05, 0) is 74.2 Å². The van der Waals surface area contributed by atoms with E-state index in [0.29, 0.717) is 24.5 Å². The van der Waals surface area contributed by atoms with E-state index in [0.717, 1.165) is 34.4 Å². The van der Waals surface area contributed by atoms with Crippen molar-refractivity contribution in [3.63, 3.8) is 0 Å². The van der Waals surface area contributed by atoms with E-state index in [1.165, 1.54) is 4.90 Å². The number of carbonyl (C=O) groups is 2. The van der Waals surface area contributed by atoms with E-state index in [1.54, 1.807) is 34.2 Å². The van der Waals surface area contributed by atoms with Gasteiger partial charge in [-0.3, -0.25) is 9.59 Å². The number of nitrogens with zero attached hydrogens (tertiary/aromatic N) is 1. The molecule has 0 saturated heterocycles. The van der Waals surface area contributed by atoms with Crippen LogP contribution in [0, 0.1) is 0 Å². The molecule has 1 aliphatic rings. The van der Waals surface area contributed by atoms with Crippen LogP contribution in [-0.4, -0.2) is 50.5 Å². The Bertz CT molecular complexity index is 1010. The zero-order valence-corrected chi connectivity index (χ0v) is 18.7. The van der Waals surface area contributed by atoms with E-state index >= 15 is 0 Å². The van der Waals surface area contributed by atoms with Crippen molar-refractivity contribution in [1.82, 2.24) is 4.90 Å². The third-order valence-corrected chi connectivity index (χ3v) is 5.21. The summed E-state index contributed by atoms with van der Waals surface area (Å²) in [7, 11) is 5.00. The second-order valence-electron chi connectivity index (χ2n) is 7.65. The minimum Gasteiger partial charge on any atom is -0.497 e. The fourth-order valence-corrected chi connectivity index (χ4v) is 3.60. The largest absolute Gasteiger partial charge is 0.497 e. The van der Waals surface area contributed by atoms with E-state index < -0.39 is 6.10 Å². The molecule has 2 aromatic carbocycles. The molecule has 31 heavy (non-hydrogen) atoms. The zero-order chi connectivity index (χ0) is 22.5. The predicted octanol–water partition coefficient (Wildman–Crippen LogP) is 4.16. The van der Waals surface area contributed by atoms with Gasteiger partial charge in [0.05, 0.1) is 13.7 Å². The molecular formula is C25H29NO5. The van der Waals surface area contributed by atoms with Gasteiger partial charge in [-0.25, -0.2) is 0 Å². The van der Waals surface area contributed by atoms with Crippen molar-refractivity contribution in [2.24, 2.45) is 0 Å². The molecule has 164 valence electrons. The third kappa shape index (κ3) is 5.08. The molecule has 6 nitrogen and oxygen atoms in total. The molecule has 0 bridgehead atoms. The second kappa shape index (κ2) is 9.69. The van der Waals surface area contributed by atoms with E-state index in [4.69, 9.17) is 14.2 Å². The van der Waals surface area contributed by atoms with Crippen LogP contribution in [-0.2, 0) is 11.2 Å². The highest BCUT2D eigenvalue weighted by molar-refractivity contribution is 6.13. The molecule has 0 N–H and O–H groups in total. The second-order valence-corrected chi connectivity index (χ2v) is 7.65. The molecule has 0 radical (unpaired) electrons. The maximum atomic E-state index is 13.0.